The van der Waals surface area contributed by atoms with Crippen LogP contribution >= 0.6 is 0 Å². The van der Waals surface area contributed by atoms with Crippen molar-refractivity contribution >= 4 is 0 Å². The summed E-state index contributed by atoms with van der Waals surface area (Å²) in [7, 11) is 0. The van der Waals surface area contributed by atoms with Crippen molar-refractivity contribution in [3.05, 3.63) is 12.2 Å². The van der Waals surface area contributed by atoms with Crippen molar-refractivity contribution in [2.24, 2.45) is 0 Å². The van der Waals surface area contributed by atoms with Gasteiger partial charge in [-0.1, -0.05) is 6.42 Å². The zero-order valence-corrected chi connectivity index (χ0v) is 11.6. The van der Waals surface area contributed by atoms with Crippen molar-refractivity contribution < 1.29 is 0 Å². The van der Waals surface area contributed by atoms with E-state index >= 15 is 0 Å². The van der Waals surface area contributed by atoms with Crippen LogP contribution in [0.5, 0.6) is 0 Å². The highest BCUT2D eigenvalue weighted by Gasteiger charge is 2.16. The Morgan fingerprint density at radius 1 is 1.33 bits per heavy atom. The highest BCUT2D eigenvalue weighted by atomic mass is 15.3. The van der Waals surface area contributed by atoms with Crippen LogP contribution in [0.1, 0.15) is 38.9 Å². The Morgan fingerprint density at radius 3 is 2.83 bits per heavy atom. The first-order chi connectivity index (χ1) is 8.81. The first kappa shape index (κ1) is 13.5. The second kappa shape index (κ2) is 6.85. The lowest BCUT2D eigenvalue weighted by molar-refractivity contribution is 0.170. The highest BCUT2D eigenvalue weighted by molar-refractivity contribution is 4.84. The van der Waals surface area contributed by atoms with Crippen molar-refractivity contribution in [3.8, 4) is 0 Å². The van der Waals surface area contributed by atoms with Crippen LogP contribution in [0.3, 0.4) is 0 Å². The smallest absolute Gasteiger partial charge is 0.140 e. The molecular formula is C13H25N5. The molecule has 1 saturated heterocycles. The summed E-state index contributed by atoms with van der Waals surface area (Å²) in [5.41, 5.74) is 0. The van der Waals surface area contributed by atoms with E-state index in [9.17, 15) is 0 Å². The number of hydrogen-bond donors (Lipinski definition) is 1. The minimum absolute atomic E-state index is 0.614. The number of nitrogens with zero attached hydrogens (tertiary/aromatic N) is 4. The van der Waals surface area contributed by atoms with Gasteiger partial charge in [-0.3, -0.25) is 4.90 Å². The van der Waals surface area contributed by atoms with Crippen LogP contribution in [0.15, 0.2) is 6.33 Å². The largest absolute Gasteiger partial charge is 0.308 e. The fraction of sp³-hybridized carbons (Fsp3) is 0.846. The summed E-state index contributed by atoms with van der Waals surface area (Å²) in [6.45, 7) is 9.64. The third kappa shape index (κ3) is 3.53. The van der Waals surface area contributed by atoms with Gasteiger partial charge in [0.05, 0.1) is 6.54 Å². The summed E-state index contributed by atoms with van der Waals surface area (Å²) in [5.74, 6) is 1.03. The number of rotatable bonds is 6. The molecule has 1 aromatic heterocycles. The number of aromatic nitrogens is 3. The summed E-state index contributed by atoms with van der Waals surface area (Å²) >= 11 is 0. The van der Waals surface area contributed by atoms with Crippen LogP contribution in [0.2, 0.25) is 0 Å². The molecule has 2 rings (SSSR count). The zero-order chi connectivity index (χ0) is 12.8. The van der Waals surface area contributed by atoms with Gasteiger partial charge in [0.2, 0.25) is 0 Å². The average Bonchev–Trinajstić information content (AvgIpc) is 2.87. The van der Waals surface area contributed by atoms with Gasteiger partial charge in [-0.15, -0.1) is 0 Å². The van der Waals surface area contributed by atoms with Gasteiger partial charge >= 0.3 is 0 Å². The highest BCUT2D eigenvalue weighted by Crippen LogP contribution is 2.11. The van der Waals surface area contributed by atoms with Gasteiger partial charge < -0.3 is 5.32 Å². The van der Waals surface area contributed by atoms with Gasteiger partial charge in [0, 0.05) is 19.1 Å². The second-order valence-electron chi connectivity index (χ2n) is 5.07. The van der Waals surface area contributed by atoms with Crippen molar-refractivity contribution in [3.63, 3.8) is 0 Å². The topological polar surface area (TPSA) is 46.0 Å². The van der Waals surface area contributed by atoms with Crippen molar-refractivity contribution in [1.29, 1.82) is 0 Å². The molecular weight excluding hydrogens is 226 g/mol. The van der Waals surface area contributed by atoms with E-state index in [1.165, 1.54) is 32.4 Å². The van der Waals surface area contributed by atoms with Gasteiger partial charge in [0.25, 0.3) is 0 Å². The average molecular weight is 251 g/mol. The van der Waals surface area contributed by atoms with Gasteiger partial charge in [-0.25, -0.2) is 9.67 Å². The fourth-order valence-corrected chi connectivity index (χ4v) is 2.57. The predicted molar refractivity (Wildman–Crippen MR) is 72.3 cm³/mol. The molecule has 2 heterocycles. The minimum atomic E-state index is 0.614. The Kier molecular flexibility index (Phi) is 5.13. The molecule has 0 amide bonds. The molecule has 1 aliphatic rings. The molecule has 0 aromatic carbocycles. The van der Waals surface area contributed by atoms with Gasteiger partial charge in [0.15, 0.2) is 0 Å². The third-order valence-electron chi connectivity index (χ3n) is 3.73. The maximum absolute atomic E-state index is 4.27. The first-order valence-electron chi connectivity index (χ1n) is 7.12. The third-order valence-corrected chi connectivity index (χ3v) is 3.73. The lowest BCUT2D eigenvalue weighted by Crippen LogP contribution is -2.43. The lowest BCUT2D eigenvalue weighted by Gasteiger charge is -2.32. The Hall–Kier alpha value is -0.940. The molecule has 1 N–H and O–H groups in total. The monoisotopic (exact) mass is 251 g/mol. The van der Waals surface area contributed by atoms with Crippen LogP contribution in [-0.2, 0) is 13.1 Å². The van der Waals surface area contributed by atoms with E-state index in [0.717, 1.165) is 25.5 Å². The fourth-order valence-electron chi connectivity index (χ4n) is 2.57. The summed E-state index contributed by atoms with van der Waals surface area (Å²) in [5, 5.41) is 7.67. The summed E-state index contributed by atoms with van der Waals surface area (Å²) in [4.78, 5) is 6.86. The summed E-state index contributed by atoms with van der Waals surface area (Å²) in [6, 6.07) is 0.614. The van der Waals surface area contributed by atoms with E-state index in [1.54, 1.807) is 6.33 Å². The summed E-state index contributed by atoms with van der Waals surface area (Å²) in [6.07, 6.45) is 5.74. The van der Waals surface area contributed by atoms with Crippen LogP contribution in [-0.4, -0.2) is 45.3 Å². The molecule has 0 radical (unpaired) electrons. The number of nitrogens with one attached hydrogen (secondary N) is 1. The number of piperidine rings is 1. The Bertz CT molecular complexity index is 343. The maximum atomic E-state index is 4.27. The van der Waals surface area contributed by atoms with Gasteiger partial charge in [-0.05, 0) is 39.8 Å². The van der Waals surface area contributed by atoms with Crippen LogP contribution in [0, 0.1) is 0 Å². The predicted octanol–water partition coefficient (Wildman–Crippen LogP) is 1.26. The Labute approximate surface area is 110 Å². The molecule has 0 bridgehead atoms. The van der Waals surface area contributed by atoms with Crippen molar-refractivity contribution in [1.82, 2.24) is 25.0 Å². The molecule has 1 atom stereocenters. The quantitative estimate of drug-likeness (QED) is 0.827. The van der Waals surface area contributed by atoms with E-state index in [0.29, 0.717) is 6.04 Å². The molecule has 0 saturated carbocycles. The maximum Gasteiger partial charge on any atom is 0.140 e. The molecule has 1 unspecified atom stereocenters. The lowest BCUT2D eigenvalue weighted by atomic mass is 10.1. The number of likely N-dealkylation sites (tertiary alicyclic amines) is 1. The zero-order valence-electron chi connectivity index (χ0n) is 11.6. The van der Waals surface area contributed by atoms with Crippen LogP contribution in [0.25, 0.3) is 0 Å². The number of aryl methyl sites for hydroxylation is 1. The van der Waals surface area contributed by atoms with Gasteiger partial charge in [-0.2, -0.15) is 5.10 Å². The SMILES string of the molecule is CCn1ncnc1CNCC(C)N1CCCCC1. The van der Waals surface area contributed by atoms with E-state index in [1.807, 2.05) is 4.68 Å². The molecule has 1 aliphatic heterocycles. The molecule has 1 fully saturated rings. The van der Waals surface area contributed by atoms with Crippen LogP contribution < -0.4 is 5.32 Å². The van der Waals surface area contributed by atoms with Crippen LogP contribution in [0.4, 0.5) is 0 Å². The Morgan fingerprint density at radius 2 is 2.11 bits per heavy atom. The van der Waals surface area contributed by atoms with E-state index in [-0.39, 0.29) is 0 Å². The second-order valence-corrected chi connectivity index (χ2v) is 5.07. The molecule has 0 spiro atoms. The normalized spacial score (nSPS) is 19.0. The van der Waals surface area contributed by atoms with E-state index in [2.05, 4.69) is 34.1 Å². The van der Waals surface area contributed by atoms with Gasteiger partial charge in [0.1, 0.15) is 12.2 Å². The Balaban J connectivity index is 1.71. The number of hydrogen-bond acceptors (Lipinski definition) is 4. The van der Waals surface area contributed by atoms with Crippen molar-refractivity contribution in [2.45, 2.75) is 52.2 Å². The summed E-state index contributed by atoms with van der Waals surface area (Å²) < 4.78 is 1.94. The molecule has 1 aromatic rings. The van der Waals surface area contributed by atoms with E-state index < -0.39 is 0 Å². The standard InChI is InChI=1S/C13H25N5/c1-3-18-13(15-11-16-18)10-14-9-12(2)17-7-5-4-6-8-17/h11-12,14H,3-10H2,1-2H3. The molecule has 0 aliphatic carbocycles. The molecule has 5 nitrogen and oxygen atoms in total. The minimum Gasteiger partial charge on any atom is -0.308 e. The molecule has 18 heavy (non-hydrogen) atoms. The molecule has 102 valence electrons. The first-order valence-corrected chi connectivity index (χ1v) is 7.12. The molecule has 5 heteroatoms. The van der Waals surface area contributed by atoms with E-state index in [4.69, 9.17) is 0 Å². The van der Waals surface area contributed by atoms with Crippen molar-refractivity contribution in [2.75, 3.05) is 19.6 Å².